The number of nitrogens with zero attached hydrogens (tertiary/aromatic N) is 5. The van der Waals surface area contributed by atoms with Crippen molar-refractivity contribution in [1.29, 1.82) is 0 Å². The third kappa shape index (κ3) is 22.3. The van der Waals surface area contributed by atoms with E-state index in [1.807, 2.05) is 159 Å². The molecule has 0 saturated carbocycles. The SMILES string of the molecule is CC(C)c1ccnc(-c2[c-]ccc(-c3ccccc3)c2)c1.Cc1ccc(-c2[c-]ccc(-c3ccccc3)c2)nc1.Cc1ccnc(-c2[c-]ccc(-c3ccccc3)c2)c1.[Ir].[Ir].[Ir].[Ir].[c-]1ccc(-c2ccccc2)cc1-c1ccccn1.[c-]1ccccc1-c1ccccn1. The third-order valence-electron chi connectivity index (χ3n) is 14.3. The Morgan fingerprint density at radius 3 is 0.968 bits per heavy atom. The van der Waals surface area contributed by atoms with Crippen LogP contribution >= 0.6 is 0 Å². The van der Waals surface area contributed by atoms with Crippen LogP contribution in [0.5, 0.6) is 0 Å². The van der Waals surface area contributed by atoms with Gasteiger partial charge in [0.15, 0.2) is 0 Å². The van der Waals surface area contributed by atoms with Crippen molar-refractivity contribution in [3.63, 3.8) is 0 Å². The van der Waals surface area contributed by atoms with E-state index >= 15 is 0 Å². The van der Waals surface area contributed by atoms with E-state index in [4.69, 9.17) is 0 Å². The summed E-state index contributed by atoms with van der Waals surface area (Å²) in [5, 5.41) is 0. The van der Waals surface area contributed by atoms with Crippen molar-refractivity contribution in [3.05, 3.63) is 369 Å². The Labute approximate surface area is 603 Å². The molecule has 0 bridgehead atoms. The van der Waals surface area contributed by atoms with Gasteiger partial charge in [0.1, 0.15) is 0 Å². The molecule has 0 fully saturated rings. The van der Waals surface area contributed by atoms with Crippen molar-refractivity contribution < 1.29 is 80.4 Å². The van der Waals surface area contributed by atoms with E-state index < -0.39 is 0 Å². The van der Waals surface area contributed by atoms with Crippen LogP contribution in [-0.4, -0.2) is 24.9 Å². The molecular weight excluding hydrogens is 1850 g/mol. The Kier molecular flexibility index (Phi) is 30.8. The molecule has 93 heavy (non-hydrogen) atoms. The molecule has 5 heterocycles. The molecule has 9 aromatic carbocycles. The second kappa shape index (κ2) is 39.0. The van der Waals surface area contributed by atoms with Gasteiger partial charge in [0.05, 0.1) is 0 Å². The molecule has 4 radical (unpaired) electrons. The second-order valence-electron chi connectivity index (χ2n) is 21.2. The van der Waals surface area contributed by atoms with Crippen molar-refractivity contribution in [2.75, 3.05) is 0 Å². The van der Waals surface area contributed by atoms with Crippen LogP contribution in [0.2, 0.25) is 0 Å². The zero-order valence-electron chi connectivity index (χ0n) is 51.7. The summed E-state index contributed by atoms with van der Waals surface area (Å²) < 4.78 is 0. The largest absolute Gasteiger partial charge is 0.305 e. The smallest absolute Gasteiger partial charge is 0.0190 e. The first-order valence-electron chi connectivity index (χ1n) is 29.7. The molecule has 0 aliphatic carbocycles. The van der Waals surface area contributed by atoms with Crippen LogP contribution < -0.4 is 0 Å². The Balaban J connectivity index is 0.000000184. The molecule has 5 nitrogen and oxygen atoms in total. The molecule has 0 saturated heterocycles. The van der Waals surface area contributed by atoms with E-state index in [1.165, 1.54) is 61.2 Å². The predicted molar refractivity (Wildman–Crippen MR) is 368 cm³/mol. The number of hydrogen-bond donors (Lipinski definition) is 0. The van der Waals surface area contributed by atoms with Gasteiger partial charge >= 0.3 is 0 Å². The molecule has 0 aliphatic rings. The Hall–Kier alpha value is -8.67. The van der Waals surface area contributed by atoms with Crippen molar-refractivity contribution >= 4 is 0 Å². The first kappa shape index (κ1) is 73.4. The molecule has 0 amide bonds. The first-order chi connectivity index (χ1) is 43.8. The maximum absolute atomic E-state index is 4.50. The summed E-state index contributed by atoms with van der Waals surface area (Å²) >= 11 is 0. The van der Waals surface area contributed by atoms with E-state index in [0.717, 1.165) is 56.3 Å². The summed E-state index contributed by atoms with van der Waals surface area (Å²) in [5.74, 6) is 0.504. The molecule has 468 valence electrons. The molecule has 5 aromatic heterocycles. The zero-order chi connectivity index (χ0) is 61.2. The fourth-order valence-corrected chi connectivity index (χ4v) is 9.56. The second-order valence-corrected chi connectivity index (χ2v) is 21.2. The van der Waals surface area contributed by atoms with Gasteiger partial charge in [-0.15, -0.1) is 177 Å². The quantitative estimate of drug-likeness (QED) is 0.128. The molecule has 0 spiro atoms. The Bertz CT molecular complexity index is 4300. The number of aromatic nitrogens is 5. The number of pyridine rings is 5. The van der Waals surface area contributed by atoms with Gasteiger partial charge in [-0.25, -0.2) is 0 Å². The summed E-state index contributed by atoms with van der Waals surface area (Å²) in [5.41, 5.74) is 23.3. The predicted octanol–water partition coefficient (Wildman–Crippen LogP) is 21.1. The minimum atomic E-state index is 0. The van der Waals surface area contributed by atoms with Crippen LogP contribution in [0.25, 0.3) is 101 Å². The Morgan fingerprint density at radius 1 is 0.247 bits per heavy atom. The van der Waals surface area contributed by atoms with Crippen molar-refractivity contribution in [2.45, 2.75) is 33.6 Å². The monoisotopic (exact) mass is 1920 g/mol. The van der Waals surface area contributed by atoms with Crippen molar-refractivity contribution in [1.82, 2.24) is 24.9 Å². The van der Waals surface area contributed by atoms with Gasteiger partial charge in [0.2, 0.25) is 0 Å². The minimum absolute atomic E-state index is 0. The molecule has 0 N–H and O–H groups in total. The van der Waals surface area contributed by atoms with Crippen molar-refractivity contribution in [3.8, 4) is 101 Å². The molecule has 9 heteroatoms. The molecule has 0 atom stereocenters. The summed E-state index contributed by atoms with van der Waals surface area (Å²) in [7, 11) is 0. The third-order valence-corrected chi connectivity index (χ3v) is 14.3. The molecule has 0 unspecified atom stereocenters. The summed E-state index contributed by atoms with van der Waals surface area (Å²) in [6.45, 7) is 8.51. The average molecular weight is 1910 g/mol. The van der Waals surface area contributed by atoms with Gasteiger partial charge in [-0.3, -0.25) is 0 Å². The first-order valence-corrected chi connectivity index (χ1v) is 29.7. The van der Waals surface area contributed by atoms with Gasteiger partial charge in [-0.05, 0) is 100 Å². The summed E-state index contributed by atoms with van der Waals surface area (Å²) in [6.07, 6.45) is 9.20. The Morgan fingerprint density at radius 2 is 0.602 bits per heavy atom. The molecule has 14 rings (SSSR count). The normalized spacial score (nSPS) is 9.90. The van der Waals surface area contributed by atoms with Crippen LogP contribution in [0.4, 0.5) is 0 Å². The number of hydrogen-bond acceptors (Lipinski definition) is 5. The topological polar surface area (TPSA) is 64.5 Å². The van der Waals surface area contributed by atoms with Crippen LogP contribution in [0.3, 0.4) is 0 Å². The summed E-state index contributed by atoms with van der Waals surface area (Å²) in [6, 6.07) is 114. The number of benzene rings is 9. The number of aryl methyl sites for hydroxylation is 2. The van der Waals surface area contributed by atoms with E-state index in [-0.39, 0.29) is 80.4 Å². The van der Waals surface area contributed by atoms with Gasteiger partial charge in [-0.2, -0.15) is 0 Å². The molecule has 14 aromatic rings. The van der Waals surface area contributed by atoms with Gasteiger partial charge in [-0.1, -0.05) is 195 Å². The molecular formula is C84H66Ir4N5-5. The number of rotatable bonds is 10. The van der Waals surface area contributed by atoms with E-state index in [2.05, 4.69) is 234 Å². The van der Waals surface area contributed by atoms with Gasteiger partial charge < -0.3 is 24.9 Å². The van der Waals surface area contributed by atoms with Crippen LogP contribution in [0.1, 0.15) is 36.5 Å². The van der Waals surface area contributed by atoms with Gasteiger partial charge in [0.25, 0.3) is 0 Å². The zero-order valence-corrected chi connectivity index (χ0v) is 61.3. The van der Waals surface area contributed by atoms with Crippen LogP contribution in [0.15, 0.2) is 322 Å². The van der Waals surface area contributed by atoms with Crippen molar-refractivity contribution in [2.24, 2.45) is 0 Å². The van der Waals surface area contributed by atoms with Crippen LogP contribution in [-0.2, 0) is 80.4 Å². The standard InChI is InChI=1S/C20H18N.2C18H14N.C17H12N.C11H8N.4Ir/c1-15(2)17-11-12-21-20(14-17)19-10-6-9-18(13-19)16-7-4-3-5-8-16;1-14-10-11-18(19-13-14)17-9-5-8-16(12-17)15-6-3-2-4-7-15;1-14-10-11-19-18(12-14)17-9-5-8-16(13-17)15-6-3-2-4-7-15;1-2-7-14(8-3-1)15-9-6-10-16(13-15)17-11-4-5-12-18-17;1-2-6-10(7-3-1)11-8-4-5-9-12-11;;;;/h3-9,11-15H,1-2H3;2*2-8,10-13H,1H3;1-9,11-13H;1-6,8-9H;;;;/q5*-1;;;;. The average Bonchev–Trinajstić information content (AvgIpc) is 1.46. The van der Waals surface area contributed by atoms with Crippen LogP contribution in [0, 0.1) is 44.2 Å². The van der Waals surface area contributed by atoms with E-state index in [1.54, 1.807) is 12.4 Å². The fraction of sp³-hybridized carbons (Fsp3) is 0.0595. The minimum Gasteiger partial charge on any atom is -0.305 e. The van der Waals surface area contributed by atoms with E-state index in [0.29, 0.717) is 5.92 Å². The van der Waals surface area contributed by atoms with E-state index in [9.17, 15) is 0 Å². The van der Waals surface area contributed by atoms with Gasteiger partial charge in [0, 0.05) is 111 Å². The maximum atomic E-state index is 4.50. The molecule has 0 aliphatic heterocycles. The fourth-order valence-electron chi connectivity index (χ4n) is 9.56. The summed E-state index contributed by atoms with van der Waals surface area (Å²) in [4.78, 5) is 21.9. The maximum Gasteiger partial charge on any atom is 0.0190 e.